The summed E-state index contributed by atoms with van der Waals surface area (Å²) in [4.78, 5) is 11.5. The molecule has 2 aromatic rings. The van der Waals surface area contributed by atoms with Crippen molar-refractivity contribution in [2.24, 2.45) is 0 Å². The number of esters is 1. The summed E-state index contributed by atoms with van der Waals surface area (Å²) in [7, 11) is 0. The van der Waals surface area contributed by atoms with Gasteiger partial charge in [0.1, 0.15) is 5.82 Å². The summed E-state index contributed by atoms with van der Waals surface area (Å²) in [5, 5.41) is 2.34. The molecule has 0 saturated heterocycles. The van der Waals surface area contributed by atoms with Crippen LogP contribution >= 0.6 is 11.3 Å². The minimum absolute atomic E-state index is 0.338. The Kier molecular flexibility index (Phi) is 2.78. The molecule has 0 fully saturated rings. The molecular formula is C11H7FO2S. The molecule has 0 unspecified atom stereocenters. The van der Waals surface area contributed by atoms with Crippen LogP contribution in [0.4, 0.5) is 4.39 Å². The van der Waals surface area contributed by atoms with Crippen LogP contribution in [0, 0.1) is 5.82 Å². The second-order valence-corrected chi connectivity index (χ2v) is 3.74. The van der Waals surface area contributed by atoms with Crippen LogP contribution in [0.3, 0.4) is 0 Å². The van der Waals surface area contributed by atoms with E-state index in [1.807, 2.05) is 5.38 Å². The van der Waals surface area contributed by atoms with E-state index in [1.54, 1.807) is 12.1 Å². The van der Waals surface area contributed by atoms with Gasteiger partial charge in [0.2, 0.25) is 0 Å². The number of hydrogen-bond donors (Lipinski definition) is 0. The SMILES string of the molecule is O=C(Oc1cccs1)c1ccc(F)cc1. The maximum absolute atomic E-state index is 12.6. The first kappa shape index (κ1) is 9.86. The van der Waals surface area contributed by atoms with Crippen molar-refractivity contribution in [3.8, 4) is 5.06 Å². The van der Waals surface area contributed by atoms with Crippen molar-refractivity contribution >= 4 is 17.3 Å². The molecule has 15 heavy (non-hydrogen) atoms. The van der Waals surface area contributed by atoms with E-state index in [4.69, 9.17) is 4.74 Å². The lowest BCUT2D eigenvalue weighted by Gasteiger charge is -2.00. The Morgan fingerprint density at radius 2 is 1.93 bits per heavy atom. The number of rotatable bonds is 2. The Morgan fingerprint density at radius 3 is 2.53 bits per heavy atom. The highest BCUT2D eigenvalue weighted by molar-refractivity contribution is 7.11. The standard InChI is InChI=1S/C11H7FO2S/c12-9-5-3-8(4-6-9)11(13)14-10-2-1-7-15-10/h1-7H. The average Bonchev–Trinajstić information content (AvgIpc) is 2.71. The van der Waals surface area contributed by atoms with Crippen LogP contribution in [0.1, 0.15) is 10.4 Å². The fourth-order valence-electron chi connectivity index (χ4n) is 1.06. The number of halogens is 1. The molecule has 0 bridgehead atoms. The van der Waals surface area contributed by atoms with Crippen molar-refractivity contribution in [1.82, 2.24) is 0 Å². The summed E-state index contributed by atoms with van der Waals surface area (Å²) < 4.78 is 17.6. The summed E-state index contributed by atoms with van der Waals surface area (Å²) in [6.07, 6.45) is 0. The van der Waals surface area contributed by atoms with E-state index in [0.29, 0.717) is 10.6 Å². The molecular weight excluding hydrogens is 215 g/mol. The fraction of sp³-hybridized carbons (Fsp3) is 0. The van der Waals surface area contributed by atoms with Gasteiger partial charge in [-0.25, -0.2) is 9.18 Å². The van der Waals surface area contributed by atoms with Gasteiger partial charge in [0.25, 0.3) is 0 Å². The molecule has 4 heteroatoms. The summed E-state index contributed by atoms with van der Waals surface area (Å²) in [5.41, 5.74) is 0.338. The van der Waals surface area contributed by atoms with E-state index in [-0.39, 0.29) is 5.82 Å². The molecule has 0 aliphatic rings. The van der Waals surface area contributed by atoms with E-state index < -0.39 is 5.97 Å². The quantitative estimate of drug-likeness (QED) is 0.730. The van der Waals surface area contributed by atoms with E-state index in [0.717, 1.165) is 0 Å². The van der Waals surface area contributed by atoms with Gasteiger partial charge in [-0.2, -0.15) is 0 Å². The van der Waals surface area contributed by atoms with Crippen LogP contribution in [-0.4, -0.2) is 5.97 Å². The van der Waals surface area contributed by atoms with Gasteiger partial charge in [-0.1, -0.05) is 0 Å². The summed E-state index contributed by atoms with van der Waals surface area (Å²) >= 11 is 1.33. The highest BCUT2D eigenvalue weighted by Crippen LogP contribution is 2.19. The first-order valence-corrected chi connectivity index (χ1v) is 5.15. The minimum Gasteiger partial charge on any atom is -0.412 e. The molecule has 0 aliphatic heterocycles. The van der Waals surface area contributed by atoms with Gasteiger partial charge in [-0.3, -0.25) is 0 Å². The number of carbonyl (C=O) groups excluding carboxylic acids is 1. The van der Waals surface area contributed by atoms with E-state index in [9.17, 15) is 9.18 Å². The summed E-state index contributed by atoms with van der Waals surface area (Å²) in [6, 6.07) is 8.73. The van der Waals surface area contributed by atoms with Crippen LogP contribution in [0.5, 0.6) is 5.06 Å². The molecule has 0 spiro atoms. The van der Waals surface area contributed by atoms with Gasteiger partial charge in [-0.15, -0.1) is 11.3 Å². The Morgan fingerprint density at radius 1 is 1.20 bits per heavy atom. The first-order valence-electron chi connectivity index (χ1n) is 4.27. The molecule has 0 amide bonds. The molecule has 0 N–H and O–H groups in total. The molecule has 1 aromatic heterocycles. The number of hydrogen-bond acceptors (Lipinski definition) is 3. The predicted octanol–water partition coefficient (Wildman–Crippen LogP) is 3.11. The second-order valence-electron chi connectivity index (χ2n) is 2.83. The monoisotopic (exact) mass is 222 g/mol. The van der Waals surface area contributed by atoms with Crippen molar-refractivity contribution in [2.75, 3.05) is 0 Å². The van der Waals surface area contributed by atoms with Crippen LogP contribution in [0.2, 0.25) is 0 Å². The molecule has 1 aromatic carbocycles. The zero-order valence-corrected chi connectivity index (χ0v) is 8.46. The third-order valence-electron chi connectivity index (χ3n) is 1.77. The lowest BCUT2D eigenvalue weighted by Crippen LogP contribution is -2.07. The van der Waals surface area contributed by atoms with Gasteiger partial charge < -0.3 is 4.74 Å². The summed E-state index contributed by atoms with van der Waals surface area (Å²) in [6.45, 7) is 0. The minimum atomic E-state index is -0.475. The zero-order chi connectivity index (χ0) is 10.7. The lowest BCUT2D eigenvalue weighted by molar-refractivity contribution is 0.0740. The average molecular weight is 222 g/mol. The van der Waals surface area contributed by atoms with Gasteiger partial charge in [-0.05, 0) is 41.8 Å². The van der Waals surface area contributed by atoms with Crippen molar-refractivity contribution in [3.05, 3.63) is 53.2 Å². The number of benzene rings is 1. The molecule has 76 valence electrons. The number of ether oxygens (including phenoxy) is 1. The van der Waals surface area contributed by atoms with Gasteiger partial charge in [0.05, 0.1) is 5.56 Å². The van der Waals surface area contributed by atoms with Crippen LogP contribution < -0.4 is 4.74 Å². The Balaban J connectivity index is 2.11. The fourth-order valence-corrected chi connectivity index (χ4v) is 1.63. The second kappa shape index (κ2) is 4.23. The Hall–Kier alpha value is -1.68. The Labute approximate surface area is 89.9 Å². The van der Waals surface area contributed by atoms with Crippen molar-refractivity contribution in [3.63, 3.8) is 0 Å². The molecule has 0 saturated carbocycles. The molecule has 0 radical (unpaired) electrons. The topological polar surface area (TPSA) is 26.3 Å². The maximum atomic E-state index is 12.6. The Bertz CT molecular complexity index is 448. The molecule has 2 nitrogen and oxygen atoms in total. The first-order chi connectivity index (χ1) is 7.25. The van der Waals surface area contributed by atoms with E-state index >= 15 is 0 Å². The van der Waals surface area contributed by atoms with Gasteiger partial charge in [0, 0.05) is 0 Å². The lowest BCUT2D eigenvalue weighted by atomic mass is 10.2. The van der Waals surface area contributed by atoms with E-state index in [1.165, 1.54) is 35.6 Å². The largest absolute Gasteiger partial charge is 0.412 e. The normalized spacial score (nSPS) is 9.93. The van der Waals surface area contributed by atoms with Crippen molar-refractivity contribution in [2.45, 2.75) is 0 Å². The molecule has 0 atom stereocenters. The van der Waals surface area contributed by atoms with Gasteiger partial charge in [0.15, 0.2) is 5.06 Å². The maximum Gasteiger partial charge on any atom is 0.344 e. The van der Waals surface area contributed by atoms with Crippen LogP contribution in [0.25, 0.3) is 0 Å². The number of thiophene rings is 1. The van der Waals surface area contributed by atoms with Crippen LogP contribution in [-0.2, 0) is 0 Å². The van der Waals surface area contributed by atoms with E-state index in [2.05, 4.69) is 0 Å². The smallest absolute Gasteiger partial charge is 0.344 e. The van der Waals surface area contributed by atoms with Crippen molar-refractivity contribution in [1.29, 1.82) is 0 Å². The highest BCUT2D eigenvalue weighted by atomic mass is 32.1. The van der Waals surface area contributed by atoms with Crippen molar-refractivity contribution < 1.29 is 13.9 Å². The summed E-state index contributed by atoms with van der Waals surface area (Å²) in [5.74, 6) is -0.847. The highest BCUT2D eigenvalue weighted by Gasteiger charge is 2.08. The molecule has 1 heterocycles. The third kappa shape index (κ3) is 2.41. The molecule has 0 aliphatic carbocycles. The third-order valence-corrected chi connectivity index (χ3v) is 2.51. The van der Waals surface area contributed by atoms with Crippen LogP contribution in [0.15, 0.2) is 41.8 Å². The van der Waals surface area contributed by atoms with Gasteiger partial charge >= 0.3 is 5.97 Å². The predicted molar refractivity (Wildman–Crippen MR) is 55.7 cm³/mol. The number of carbonyl (C=O) groups is 1. The molecule has 2 rings (SSSR count). The zero-order valence-electron chi connectivity index (χ0n) is 7.64.